The second-order valence-electron chi connectivity index (χ2n) is 2.57. The fourth-order valence-electron chi connectivity index (χ4n) is 1.07. The summed E-state index contributed by atoms with van der Waals surface area (Å²) in [4.78, 5) is 12.8. The molecule has 1 aliphatic heterocycles. The highest BCUT2D eigenvalue weighted by Gasteiger charge is 2.17. The number of urea groups is 1. The van der Waals surface area contributed by atoms with Crippen molar-refractivity contribution in [3.63, 3.8) is 0 Å². The lowest BCUT2D eigenvalue weighted by Crippen LogP contribution is -2.28. The molecule has 0 aromatic rings. The molecule has 0 unspecified atom stereocenters. The number of carbonyl (C=O) groups is 1. The highest BCUT2D eigenvalue weighted by atomic mass is 16.2. The summed E-state index contributed by atoms with van der Waals surface area (Å²) in [5.41, 5.74) is 0. The number of rotatable bonds is 3. The first-order chi connectivity index (χ1) is 4.84. The smallest absolute Gasteiger partial charge is 0.317 e. The van der Waals surface area contributed by atoms with Crippen molar-refractivity contribution in [1.29, 1.82) is 0 Å². The minimum Gasteiger partial charge on any atom is -0.336 e. The number of nitrogens with zero attached hydrogens (tertiary/aromatic N) is 1. The first-order valence-corrected chi connectivity index (χ1v) is 3.87. The lowest BCUT2D eigenvalue weighted by atomic mass is 10.3. The molecule has 3 heteroatoms. The summed E-state index contributed by atoms with van der Waals surface area (Å²) in [5.74, 6) is 0. The average molecular weight is 142 g/mol. The zero-order chi connectivity index (χ0) is 7.40. The minimum absolute atomic E-state index is 0.105. The third-order valence-corrected chi connectivity index (χ3v) is 1.73. The van der Waals surface area contributed by atoms with Gasteiger partial charge in [-0.25, -0.2) is 4.79 Å². The molecule has 1 heterocycles. The normalized spacial score (nSPS) is 17.7. The highest BCUT2D eigenvalue weighted by Crippen LogP contribution is 1.98. The molecule has 1 saturated heterocycles. The number of hydrogen-bond acceptors (Lipinski definition) is 1. The van der Waals surface area contributed by atoms with Gasteiger partial charge < -0.3 is 10.2 Å². The molecule has 0 radical (unpaired) electrons. The second-order valence-corrected chi connectivity index (χ2v) is 2.57. The quantitative estimate of drug-likeness (QED) is 0.621. The summed E-state index contributed by atoms with van der Waals surface area (Å²) in [6.07, 6.45) is 2.28. The molecule has 1 aliphatic rings. The Morgan fingerprint density at radius 1 is 1.70 bits per heavy atom. The van der Waals surface area contributed by atoms with E-state index < -0.39 is 0 Å². The Morgan fingerprint density at radius 3 is 3.00 bits per heavy atom. The van der Waals surface area contributed by atoms with E-state index in [0.717, 1.165) is 32.5 Å². The Bertz CT molecular complexity index is 125. The van der Waals surface area contributed by atoms with Crippen LogP contribution in [0, 0.1) is 0 Å². The predicted molar refractivity (Wildman–Crippen MR) is 39.9 cm³/mol. The molecule has 0 spiro atoms. The van der Waals surface area contributed by atoms with E-state index in [1.54, 1.807) is 0 Å². The van der Waals surface area contributed by atoms with E-state index in [0.29, 0.717) is 0 Å². The molecule has 1 rings (SSSR count). The van der Waals surface area contributed by atoms with Crippen LogP contribution in [-0.4, -0.2) is 30.6 Å². The molecule has 10 heavy (non-hydrogen) atoms. The first kappa shape index (κ1) is 7.38. The third kappa shape index (κ3) is 1.62. The molecule has 0 bridgehead atoms. The van der Waals surface area contributed by atoms with E-state index in [4.69, 9.17) is 0 Å². The van der Waals surface area contributed by atoms with Gasteiger partial charge in [0.1, 0.15) is 0 Å². The van der Waals surface area contributed by atoms with Crippen LogP contribution in [0.4, 0.5) is 4.79 Å². The molecule has 0 aromatic carbocycles. The summed E-state index contributed by atoms with van der Waals surface area (Å²) in [6.45, 7) is 4.76. The van der Waals surface area contributed by atoms with Gasteiger partial charge in [0.2, 0.25) is 0 Å². The maximum atomic E-state index is 10.9. The summed E-state index contributed by atoms with van der Waals surface area (Å²) in [6, 6.07) is 0.105. The zero-order valence-electron chi connectivity index (χ0n) is 6.39. The fraction of sp³-hybridized carbons (Fsp3) is 0.857. The largest absolute Gasteiger partial charge is 0.336 e. The van der Waals surface area contributed by atoms with Crippen molar-refractivity contribution in [2.24, 2.45) is 0 Å². The summed E-state index contributed by atoms with van der Waals surface area (Å²) < 4.78 is 0. The molecular weight excluding hydrogens is 128 g/mol. The maximum absolute atomic E-state index is 10.9. The van der Waals surface area contributed by atoms with Gasteiger partial charge >= 0.3 is 6.03 Å². The number of unbranched alkanes of at least 4 members (excludes halogenated alkanes) is 1. The van der Waals surface area contributed by atoms with Crippen LogP contribution in [0.5, 0.6) is 0 Å². The van der Waals surface area contributed by atoms with Gasteiger partial charge in [-0.05, 0) is 6.42 Å². The van der Waals surface area contributed by atoms with E-state index in [1.807, 2.05) is 4.90 Å². The SMILES string of the molecule is CCCCN1CCNC1=O. The molecule has 58 valence electrons. The topological polar surface area (TPSA) is 32.3 Å². The predicted octanol–water partition coefficient (Wildman–Crippen LogP) is 0.812. The molecule has 0 aliphatic carbocycles. The van der Waals surface area contributed by atoms with Crippen LogP contribution in [0.25, 0.3) is 0 Å². The minimum atomic E-state index is 0.105. The van der Waals surface area contributed by atoms with E-state index in [2.05, 4.69) is 12.2 Å². The lowest BCUT2D eigenvalue weighted by Gasteiger charge is -2.11. The number of carbonyl (C=O) groups excluding carboxylic acids is 1. The highest BCUT2D eigenvalue weighted by molar-refractivity contribution is 5.76. The average Bonchev–Trinajstić information content (AvgIpc) is 2.31. The Labute approximate surface area is 61.4 Å². The van der Waals surface area contributed by atoms with Crippen LogP contribution in [-0.2, 0) is 0 Å². The summed E-state index contributed by atoms with van der Waals surface area (Å²) >= 11 is 0. The first-order valence-electron chi connectivity index (χ1n) is 3.87. The second kappa shape index (κ2) is 3.44. The van der Waals surface area contributed by atoms with Gasteiger partial charge in [0.15, 0.2) is 0 Å². The van der Waals surface area contributed by atoms with E-state index in [1.165, 1.54) is 0 Å². The van der Waals surface area contributed by atoms with Gasteiger partial charge in [0.25, 0.3) is 0 Å². The van der Waals surface area contributed by atoms with Gasteiger partial charge in [-0.3, -0.25) is 0 Å². The molecule has 3 nitrogen and oxygen atoms in total. The van der Waals surface area contributed by atoms with Gasteiger partial charge in [-0.2, -0.15) is 0 Å². The zero-order valence-corrected chi connectivity index (χ0v) is 6.39. The molecular formula is C7H14N2O. The van der Waals surface area contributed by atoms with Crippen LogP contribution < -0.4 is 5.32 Å². The summed E-state index contributed by atoms with van der Waals surface area (Å²) in [5, 5.41) is 2.77. The Morgan fingerprint density at radius 2 is 2.50 bits per heavy atom. The van der Waals surface area contributed by atoms with Crippen molar-refractivity contribution in [2.45, 2.75) is 19.8 Å². The number of nitrogens with one attached hydrogen (secondary N) is 1. The maximum Gasteiger partial charge on any atom is 0.317 e. The van der Waals surface area contributed by atoms with E-state index in [9.17, 15) is 4.79 Å². The molecule has 2 amide bonds. The van der Waals surface area contributed by atoms with E-state index in [-0.39, 0.29) is 6.03 Å². The number of hydrogen-bond donors (Lipinski definition) is 1. The van der Waals surface area contributed by atoms with Gasteiger partial charge in [0.05, 0.1) is 0 Å². The van der Waals surface area contributed by atoms with Crippen molar-refractivity contribution in [3.8, 4) is 0 Å². The van der Waals surface area contributed by atoms with Crippen LogP contribution in [0.1, 0.15) is 19.8 Å². The van der Waals surface area contributed by atoms with Crippen molar-refractivity contribution in [1.82, 2.24) is 10.2 Å². The van der Waals surface area contributed by atoms with Crippen molar-refractivity contribution < 1.29 is 4.79 Å². The van der Waals surface area contributed by atoms with E-state index >= 15 is 0 Å². The number of amides is 2. The standard InChI is InChI=1S/C7H14N2O/c1-2-3-5-9-6-4-8-7(9)10/h2-6H2,1H3,(H,8,10). The van der Waals surface area contributed by atoms with Crippen LogP contribution in [0.15, 0.2) is 0 Å². The molecule has 1 fully saturated rings. The molecule has 0 saturated carbocycles. The molecule has 0 aromatic heterocycles. The van der Waals surface area contributed by atoms with Gasteiger partial charge in [0, 0.05) is 19.6 Å². The Kier molecular flexibility index (Phi) is 2.54. The third-order valence-electron chi connectivity index (χ3n) is 1.73. The van der Waals surface area contributed by atoms with Gasteiger partial charge in [-0.15, -0.1) is 0 Å². The fourth-order valence-corrected chi connectivity index (χ4v) is 1.07. The summed E-state index contributed by atoms with van der Waals surface area (Å²) in [7, 11) is 0. The monoisotopic (exact) mass is 142 g/mol. The van der Waals surface area contributed by atoms with Crippen molar-refractivity contribution in [3.05, 3.63) is 0 Å². The van der Waals surface area contributed by atoms with Crippen LogP contribution in [0.2, 0.25) is 0 Å². The van der Waals surface area contributed by atoms with Crippen molar-refractivity contribution in [2.75, 3.05) is 19.6 Å². The lowest BCUT2D eigenvalue weighted by molar-refractivity contribution is 0.217. The molecule has 0 atom stereocenters. The Hall–Kier alpha value is -0.730. The Balaban J connectivity index is 2.20. The van der Waals surface area contributed by atoms with Crippen LogP contribution >= 0.6 is 0 Å². The van der Waals surface area contributed by atoms with Crippen LogP contribution in [0.3, 0.4) is 0 Å². The van der Waals surface area contributed by atoms with Gasteiger partial charge in [-0.1, -0.05) is 13.3 Å². The van der Waals surface area contributed by atoms with Crippen molar-refractivity contribution >= 4 is 6.03 Å². The molecule has 1 N–H and O–H groups in total.